The summed E-state index contributed by atoms with van der Waals surface area (Å²) < 4.78 is 0. The first kappa shape index (κ1) is 13.4. The molecule has 0 aliphatic heterocycles. The molecule has 18 heavy (non-hydrogen) atoms. The van der Waals surface area contributed by atoms with Gasteiger partial charge in [-0.2, -0.15) is 0 Å². The summed E-state index contributed by atoms with van der Waals surface area (Å²) in [5.41, 5.74) is 9.25. The van der Waals surface area contributed by atoms with Crippen LogP contribution >= 0.6 is 0 Å². The molecule has 3 nitrogen and oxygen atoms in total. The lowest BCUT2D eigenvalue weighted by molar-refractivity contribution is 0.371. The Morgan fingerprint density at radius 1 is 1.28 bits per heavy atom. The number of phenolic OH excluding ortho intramolecular Hbond substituents is 1. The van der Waals surface area contributed by atoms with Crippen molar-refractivity contribution in [2.24, 2.45) is 5.73 Å². The van der Waals surface area contributed by atoms with Crippen molar-refractivity contribution in [3.63, 3.8) is 0 Å². The van der Waals surface area contributed by atoms with Gasteiger partial charge in [0.25, 0.3) is 0 Å². The first-order valence-electron chi connectivity index (χ1n) is 6.69. The second-order valence-corrected chi connectivity index (χ2v) is 5.92. The molecule has 1 aliphatic carbocycles. The number of rotatable bonds is 3. The molecule has 0 radical (unpaired) electrons. The Morgan fingerprint density at radius 2 is 1.89 bits per heavy atom. The molecular formula is C15H24N2O. The summed E-state index contributed by atoms with van der Waals surface area (Å²) in [7, 11) is 4.02. The Labute approximate surface area is 110 Å². The van der Waals surface area contributed by atoms with Crippen LogP contribution in [0.3, 0.4) is 0 Å². The fourth-order valence-electron chi connectivity index (χ4n) is 2.97. The molecule has 1 saturated carbocycles. The third-order valence-electron chi connectivity index (χ3n) is 3.85. The molecule has 1 aromatic rings. The molecule has 1 fully saturated rings. The standard InChI is InChI=1S/C15H24N2O/c1-11-8-12(10-17(2)3)14(18)13(9-11)15(16)6-4-5-7-15/h8-9,18H,4-7,10,16H2,1-3H3. The zero-order chi connectivity index (χ0) is 13.3. The molecule has 3 heteroatoms. The smallest absolute Gasteiger partial charge is 0.125 e. The van der Waals surface area contributed by atoms with Gasteiger partial charge in [-0.25, -0.2) is 0 Å². The predicted molar refractivity (Wildman–Crippen MR) is 74.6 cm³/mol. The molecular weight excluding hydrogens is 224 g/mol. The molecule has 0 heterocycles. The zero-order valence-corrected chi connectivity index (χ0v) is 11.7. The van der Waals surface area contributed by atoms with E-state index in [9.17, 15) is 5.11 Å². The van der Waals surface area contributed by atoms with Crippen LogP contribution in [0, 0.1) is 6.92 Å². The third-order valence-corrected chi connectivity index (χ3v) is 3.85. The lowest BCUT2D eigenvalue weighted by atomic mass is 9.86. The first-order valence-corrected chi connectivity index (χ1v) is 6.69. The summed E-state index contributed by atoms with van der Waals surface area (Å²) in [6.45, 7) is 2.82. The summed E-state index contributed by atoms with van der Waals surface area (Å²) in [4.78, 5) is 2.07. The Bertz CT molecular complexity index is 434. The first-order chi connectivity index (χ1) is 8.42. The SMILES string of the molecule is Cc1cc(CN(C)C)c(O)c(C2(N)CCCC2)c1. The quantitative estimate of drug-likeness (QED) is 0.864. The van der Waals surface area contributed by atoms with Crippen LogP contribution in [0.15, 0.2) is 12.1 Å². The average Bonchev–Trinajstić information content (AvgIpc) is 2.70. The van der Waals surface area contributed by atoms with Crippen molar-refractivity contribution in [2.75, 3.05) is 14.1 Å². The number of aryl methyl sites for hydroxylation is 1. The molecule has 0 bridgehead atoms. The van der Waals surface area contributed by atoms with Crippen molar-refractivity contribution < 1.29 is 5.11 Å². The van der Waals surface area contributed by atoms with Gasteiger partial charge < -0.3 is 15.7 Å². The lowest BCUT2D eigenvalue weighted by Crippen LogP contribution is -2.33. The van der Waals surface area contributed by atoms with E-state index in [0.29, 0.717) is 5.75 Å². The van der Waals surface area contributed by atoms with Gasteiger partial charge in [-0.1, -0.05) is 30.5 Å². The molecule has 0 saturated heterocycles. The highest BCUT2D eigenvalue weighted by Crippen LogP contribution is 2.42. The van der Waals surface area contributed by atoms with E-state index in [2.05, 4.69) is 24.0 Å². The summed E-state index contributed by atoms with van der Waals surface area (Å²) in [6, 6.07) is 4.11. The van der Waals surface area contributed by atoms with Crippen molar-refractivity contribution in [2.45, 2.75) is 44.7 Å². The zero-order valence-electron chi connectivity index (χ0n) is 11.7. The van der Waals surface area contributed by atoms with Gasteiger partial charge in [-0.3, -0.25) is 0 Å². The molecule has 2 rings (SSSR count). The highest BCUT2D eigenvalue weighted by Gasteiger charge is 2.34. The Morgan fingerprint density at radius 3 is 2.44 bits per heavy atom. The molecule has 100 valence electrons. The van der Waals surface area contributed by atoms with Crippen LogP contribution in [0.1, 0.15) is 42.4 Å². The van der Waals surface area contributed by atoms with Crippen molar-refractivity contribution in [1.82, 2.24) is 4.90 Å². The number of hydrogen-bond acceptors (Lipinski definition) is 3. The van der Waals surface area contributed by atoms with Crippen molar-refractivity contribution >= 4 is 0 Å². The number of nitrogens with zero attached hydrogens (tertiary/aromatic N) is 1. The van der Waals surface area contributed by atoms with E-state index in [1.807, 2.05) is 14.1 Å². The van der Waals surface area contributed by atoms with E-state index in [-0.39, 0.29) is 5.54 Å². The maximum Gasteiger partial charge on any atom is 0.125 e. The van der Waals surface area contributed by atoms with Crippen LogP contribution in [-0.2, 0) is 12.1 Å². The van der Waals surface area contributed by atoms with Crippen LogP contribution in [0.2, 0.25) is 0 Å². The minimum Gasteiger partial charge on any atom is -0.507 e. The van der Waals surface area contributed by atoms with Crippen LogP contribution in [0.5, 0.6) is 5.75 Å². The fourth-order valence-corrected chi connectivity index (χ4v) is 2.97. The number of nitrogens with two attached hydrogens (primary N) is 1. The maximum absolute atomic E-state index is 10.5. The van der Waals surface area contributed by atoms with Gasteiger partial charge in [0, 0.05) is 23.2 Å². The second kappa shape index (κ2) is 4.90. The van der Waals surface area contributed by atoms with Crippen molar-refractivity contribution in [3.8, 4) is 5.75 Å². The number of benzene rings is 1. The summed E-state index contributed by atoms with van der Waals surface area (Å²) in [5, 5.41) is 10.5. The van der Waals surface area contributed by atoms with Crippen LogP contribution in [-0.4, -0.2) is 24.1 Å². The van der Waals surface area contributed by atoms with Gasteiger partial charge in [0.2, 0.25) is 0 Å². The maximum atomic E-state index is 10.5. The third kappa shape index (κ3) is 2.52. The van der Waals surface area contributed by atoms with E-state index >= 15 is 0 Å². The number of phenols is 1. The fraction of sp³-hybridized carbons (Fsp3) is 0.600. The van der Waals surface area contributed by atoms with E-state index in [1.54, 1.807) is 0 Å². The predicted octanol–water partition coefficient (Wildman–Crippen LogP) is 2.49. The monoisotopic (exact) mass is 248 g/mol. The van der Waals surface area contributed by atoms with E-state index in [1.165, 1.54) is 5.56 Å². The van der Waals surface area contributed by atoms with E-state index in [0.717, 1.165) is 43.4 Å². The summed E-state index contributed by atoms with van der Waals surface area (Å²) in [5.74, 6) is 0.402. The van der Waals surface area contributed by atoms with Crippen LogP contribution in [0.4, 0.5) is 0 Å². The topological polar surface area (TPSA) is 49.5 Å². The molecule has 0 spiro atoms. The molecule has 0 atom stereocenters. The average molecular weight is 248 g/mol. The van der Waals surface area contributed by atoms with E-state index in [4.69, 9.17) is 5.73 Å². The highest BCUT2D eigenvalue weighted by atomic mass is 16.3. The van der Waals surface area contributed by atoms with Gasteiger partial charge in [-0.05, 0) is 33.9 Å². The highest BCUT2D eigenvalue weighted by molar-refractivity contribution is 5.47. The molecule has 0 amide bonds. The van der Waals surface area contributed by atoms with E-state index < -0.39 is 0 Å². The molecule has 0 unspecified atom stereocenters. The van der Waals surface area contributed by atoms with Crippen molar-refractivity contribution in [3.05, 3.63) is 28.8 Å². The molecule has 0 aromatic heterocycles. The second-order valence-electron chi connectivity index (χ2n) is 5.92. The molecule has 3 N–H and O–H groups in total. The summed E-state index contributed by atoms with van der Waals surface area (Å²) in [6.07, 6.45) is 4.27. The van der Waals surface area contributed by atoms with Gasteiger partial charge in [0.1, 0.15) is 5.75 Å². The normalized spacial score (nSPS) is 18.5. The van der Waals surface area contributed by atoms with Gasteiger partial charge >= 0.3 is 0 Å². The Kier molecular flexibility index (Phi) is 3.64. The minimum atomic E-state index is -0.322. The molecule has 1 aliphatic rings. The van der Waals surface area contributed by atoms with Crippen molar-refractivity contribution in [1.29, 1.82) is 0 Å². The van der Waals surface area contributed by atoms with Crippen LogP contribution in [0.25, 0.3) is 0 Å². The Balaban J connectivity index is 2.44. The number of hydrogen-bond donors (Lipinski definition) is 2. The lowest BCUT2D eigenvalue weighted by Gasteiger charge is -2.27. The minimum absolute atomic E-state index is 0.322. The number of aromatic hydroxyl groups is 1. The van der Waals surface area contributed by atoms with Crippen LogP contribution < -0.4 is 5.73 Å². The molecule has 1 aromatic carbocycles. The Hall–Kier alpha value is -1.06. The largest absolute Gasteiger partial charge is 0.507 e. The van der Waals surface area contributed by atoms with Gasteiger partial charge in [-0.15, -0.1) is 0 Å². The summed E-state index contributed by atoms with van der Waals surface area (Å²) >= 11 is 0. The van der Waals surface area contributed by atoms with Gasteiger partial charge in [0.05, 0.1) is 0 Å². The van der Waals surface area contributed by atoms with Gasteiger partial charge in [0.15, 0.2) is 0 Å².